The Morgan fingerprint density at radius 3 is 2.75 bits per heavy atom. The van der Waals surface area contributed by atoms with E-state index in [1.54, 1.807) is 16.3 Å². The Morgan fingerprint density at radius 2 is 1.89 bits per heavy atom. The number of anilines is 1. The monoisotopic (exact) mass is 409 g/mol. The largest absolute Gasteiger partial charge is 0.325 e. The van der Waals surface area contributed by atoms with Gasteiger partial charge in [-0.25, -0.2) is 9.97 Å². The quantitative estimate of drug-likeness (QED) is 0.375. The van der Waals surface area contributed by atoms with Gasteiger partial charge in [-0.2, -0.15) is 4.52 Å². The van der Waals surface area contributed by atoms with Gasteiger partial charge in [0.05, 0.1) is 11.2 Å². The molecule has 0 unspecified atom stereocenters. The van der Waals surface area contributed by atoms with Crippen LogP contribution in [0.25, 0.3) is 16.6 Å². The van der Waals surface area contributed by atoms with Crippen molar-refractivity contribution in [2.45, 2.75) is 23.4 Å². The molecule has 0 aliphatic rings. The fourth-order valence-electron chi connectivity index (χ4n) is 2.92. The minimum absolute atomic E-state index is 0.0131. The second kappa shape index (κ2) is 8.20. The van der Waals surface area contributed by atoms with E-state index < -0.39 is 0 Å². The lowest BCUT2D eigenvalue weighted by Gasteiger charge is -2.09. The van der Waals surface area contributed by atoms with E-state index in [9.17, 15) is 4.79 Å². The number of nitrogens with one attached hydrogen (secondary N) is 1. The van der Waals surface area contributed by atoms with Crippen molar-refractivity contribution in [1.29, 1.82) is 0 Å². The third kappa shape index (κ3) is 3.83. The van der Waals surface area contributed by atoms with Crippen molar-refractivity contribution < 1.29 is 4.79 Å². The lowest BCUT2D eigenvalue weighted by molar-refractivity contribution is -0.115. The molecule has 1 N–H and O–H groups in total. The topological polar surface area (TPSA) is 72.2 Å². The lowest BCUT2D eigenvalue weighted by atomic mass is 10.2. The summed E-state index contributed by atoms with van der Waals surface area (Å²) in [4.78, 5) is 22.7. The van der Waals surface area contributed by atoms with Gasteiger partial charge in [0, 0.05) is 22.5 Å². The number of aryl methyl sites for hydroxylation is 1. The molecule has 2 aromatic heterocycles. The van der Waals surface area contributed by atoms with Gasteiger partial charge in [-0.1, -0.05) is 36.0 Å². The molecule has 0 aliphatic heterocycles. The van der Waals surface area contributed by atoms with Crippen LogP contribution in [-0.4, -0.2) is 37.5 Å². The molecule has 8 heteroatoms. The highest BCUT2D eigenvalue weighted by molar-refractivity contribution is 7.99. The number of fused-ring (bicyclic) bond motifs is 3. The summed E-state index contributed by atoms with van der Waals surface area (Å²) in [7, 11) is 0. The molecule has 0 saturated heterocycles. The van der Waals surface area contributed by atoms with Gasteiger partial charge in [-0.15, -0.1) is 16.9 Å². The molecule has 4 aromatic rings. The van der Waals surface area contributed by atoms with Crippen LogP contribution in [0.4, 0.5) is 5.69 Å². The average molecular weight is 410 g/mol. The molecule has 0 atom stereocenters. The molecule has 0 bridgehead atoms. The summed E-state index contributed by atoms with van der Waals surface area (Å²) in [5.41, 5.74) is 2.52. The molecular weight excluding hydrogens is 390 g/mol. The van der Waals surface area contributed by atoms with Crippen molar-refractivity contribution in [3.05, 3.63) is 54.4 Å². The van der Waals surface area contributed by atoms with Crippen LogP contribution in [0.15, 0.2) is 58.6 Å². The van der Waals surface area contributed by atoms with Crippen LogP contribution in [0.1, 0.15) is 12.2 Å². The van der Waals surface area contributed by atoms with Crippen LogP contribution in [0.2, 0.25) is 0 Å². The third-order valence-electron chi connectivity index (χ3n) is 4.20. The van der Waals surface area contributed by atoms with E-state index >= 15 is 0 Å². The maximum Gasteiger partial charge on any atom is 0.225 e. The fraction of sp³-hybridized carbons (Fsp3) is 0.200. The summed E-state index contributed by atoms with van der Waals surface area (Å²) in [5.74, 6) is 1.29. The Morgan fingerprint density at radius 1 is 1.11 bits per heavy atom. The molecule has 2 heterocycles. The molecule has 142 valence electrons. The Bertz CT molecular complexity index is 1160. The number of amides is 1. The van der Waals surface area contributed by atoms with Gasteiger partial charge in [0.25, 0.3) is 0 Å². The van der Waals surface area contributed by atoms with E-state index in [2.05, 4.69) is 15.4 Å². The van der Waals surface area contributed by atoms with Crippen molar-refractivity contribution >= 4 is 51.7 Å². The van der Waals surface area contributed by atoms with E-state index in [4.69, 9.17) is 4.98 Å². The van der Waals surface area contributed by atoms with Gasteiger partial charge in [-0.05, 0) is 37.4 Å². The van der Waals surface area contributed by atoms with Gasteiger partial charge in [0.1, 0.15) is 5.82 Å². The zero-order valence-corrected chi connectivity index (χ0v) is 17.2. The summed E-state index contributed by atoms with van der Waals surface area (Å²) in [6, 6.07) is 15.7. The van der Waals surface area contributed by atoms with E-state index in [-0.39, 0.29) is 5.91 Å². The predicted molar refractivity (Wildman–Crippen MR) is 115 cm³/mol. The summed E-state index contributed by atoms with van der Waals surface area (Å²) in [6.45, 7) is 1.87. The van der Waals surface area contributed by atoms with Crippen LogP contribution < -0.4 is 5.32 Å². The number of nitrogens with zero attached hydrogens (tertiary/aromatic N) is 4. The molecule has 6 nitrogen and oxygen atoms in total. The van der Waals surface area contributed by atoms with Crippen LogP contribution in [-0.2, 0) is 4.79 Å². The van der Waals surface area contributed by atoms with Crippen LogP contribution in [0.5, 0.6) is 0 Å². The third-order valence-corrected chi connectivity index (χ3v) is 5.92. The highest BCUT2D eigenvalue weighted by Crippen LogP contribution is 2.26. The van der Waals surface area contributed by atoms with Crippen LogP contribution in [0.3, 0.4) is 0 Å². The molecule has 0 radical (unpaired) electrons. The maximum atomic E-state index is 12.4. The van der Waals surface area contributed by atoms with E-state index in [1.165, 1.54) is 11.8 Å². The van der Waals surface area contributed by atoms with Crippen molar-refractivity contribution in [2.24, 2.45) is 0 Å². The summed E-state index contributed by atoms with van der Waals surface area (Å²) in [5, 5.41) is 9.17. The van der Waals surface area contributed by atoms with Crippen LogP contribution in [0, 0.1) is 6.92 Å². The smallest absolute Gasteiger partial charge is 0.225 e. The first-order valence-electron chi connectivity index (χ1n) is 8.83. The zero-order valence-electron chi connectivity index (χ0n) is 15.5. The van der Waals surface area contributed by atoms with Gasteiger partial charge in [0.2, 0.25) is 5.91 Å². The number of thioether (sulfide) groups is 2. The number of benzene rings is 2. The lowest BCUT2D eigenvalue weighted by Crippen LogP contribution is -2.13. The highest BCUT2D eigenvalue weighted by atomic mass is 32.2. The molecular formula is C20H19N5OS2. The van der Waals surface area contributed by atoms with Crippen molar-refractivity contribution in [1.82, 2.24) is 19.6 Å². The number of hydrogen-bond donors (Lipinski definition) is 1. The Hall–Kier alpha value is -2.58. The van der Waals surface area contributed by atoms with Crippen LogP contribution >= 0.6 is 23.5 Å². The van der Waals surface area contributed by atoms with Gasteiger partial charge in [0.15, 0.2) is 10.8 Å². The first-order chi connectivity index (χ1) is 13.7. The Kier molecular flexibility index (Phi) is 5.50. The molecule has 0 spiro atoms. The first kappa shape index (κ1) is 18.8. The Balaban J connectivity index is 1.49. The average Bonchev–Trinajstić information content (AvgIpc) is 3.10. The molecule has 2 aromatic carbocycles. The minimum atomic E-state index is -0.0131. The summed E-state index contributed by atoms with van der Waals surface area (Å²) >= 11 is 3.12. The minimum Gasteiger partial charge on any atom is -0.325 e. The van der Waals surface area contributed by atoms with E-state index in [0.717, 1.165) is 32.3 Å². The zero-order chi connectivity index (χ0) is 19.5. The predicted octanol–water partition coefficient (Wildman–Crippen LogP) is 4.43. The molecule has 0 aliphatic carbocycles. The number of carbonyl (C=O) groups excluding carboxylic acids is 1. The van der Waals surface area contributed by atoms with Gasteiger partial charge >= 0.3 is 0 Å². The number of para-hydroxylation sites is 2. The van der Waals surface area contributed by atoms with Gasteiger partial charge < -0.3 is 5.32 Å². The number of aromatic nitrogens is 4. The second-order valence-corrected chi connectivity index (χ2v) is 8.06. The van der Waals surface area contributed by atoms with Crippen molar-refractivity contribution in [2.75, 3.05) is 17.3 Å². The normalized spacial score (nSPS) is 11.2. The van der Waals surface area contributed by atoms with E-state index in [0.29, 0.717) is 18.0 Å². The fourth-order valence-corrected chi connectivity index (χ4v) is 4.36. The van der Waals surface area contributed by atoms with E-state index in [1.807, 2.05) is 61.7 Å². The van der Waals surface area contributed by atoms with Crippen molar-refractivity contribution in [3.63, 3.8) is 0 Å². The molecule has 0 saturated carbocycles. The summed E-state index contributed by atoms with van der Waals surface area (Å²) in [6.07, 6.45) is 2.38. The maximum absolute atomic E-state index is 12.4. The second-order valence-electron chi connectivity index (χ2n) is 6.15. The number of hydrogen-bond acceptors (Lipinski definition) is 6. The highest BCUT2D eigenvalue weighted by Gasteiger charge is 2.13. The SMILES string of the molecule is CSc1ccccc1NC(=O)CCSc1nc2ccccc2c2nc(C)nn12. The molecule has 1 amide bonds. The number of rotatable bonds is 6. The molecule has 0 fully saturated rings. The van der Waals surface area contributed by atoms with Gasteiger partial charge in [-0.3, -0.25) is 4.79 Å². The first-order valence-corrected chi connectivity index (χ1v) is 11.0. The molecule has 4 rings (SSSR count). The summed E-state index contributed by atoms with van der Waals surface area (Å²) < 4.78 is 1.77. The number of carbonyl (C=O) groups is 1. The van der Waals surface area contributed by atoms with Crippen molar-refractivity contribution in [3.8, 4) is 0 Å². The standard InChI is InChI=1S/C20H19N5OS2/c1-13-21-19-14-7-3-4-8-15(14)23-20(25(19)24-13)28-12-11-18(26)22-16-9-5-6-10-17(16)27-2/h3-10H,11-12H2,1-2H3,(H,22,26). The Labute approximate surface area is 171 Å². The molecule has 28 heavy (non-hydrogen) atoms.